The van der Waals surface area contributed by atoms with E-state index in [-0.39, 0.29) is 0 Å². The first-order valence-corrected chi connectivity index (χ1v) is 7.10. The fourth-order valence-electron chi connectivity index (χ4n) is 2.27. The summed E-state index contributed by atoms with van der Waals surface area (Å²) < 4.78 is 4.17. The van der Waals surface area contributed by atoms with Crippen molar-refractivity contribution in [1.82, 2.24) is 24.2 Å². The van der Waals surface area contributed by atoms with E-state index in [0.29, 0.717) is 11.9 Å². The van der Waals surface area contributed by atoms with E-state index in [1.807, 2.05) is 18.7 Å². The van der Waals surface area contributed by atoms with Crippen molar-refractivity contribution in [2.45, 2.75) is 32.9 Å². The van der Waals surface area contributed by atoms with Crippen molar-refractivity contribution in [3.8, 4) is 0 Å². The Balaban J connectivity index is 2.50. The van der Waals surface area contributed by atoms with Gasteiger partial charge in [0.15, 0.2) is 5.65 Å². The molecule has 0 saturated carbocycles. The van der Waals surface area contributed by atoms with Crippen LogP contribution in [-0.2, 0) is 20.0 Å². The van der Waals surface area contributed by atoms with Crippen molar-refractivity contribution in [3.05, 3.63) is 11.5 Å². The van der Waals surface area contributed by atoms with Crippen molar-refractivity contribution in [2.75, 3.05) is 20.0 Å². The van der Waals surface area contributed by atoms with Gasteiger partial charge in [-0.3, -0.25) is 4.68 Å². The second-order valence-corrected chi connectivity index (χ2v) is 5.65. The monoisotopic (exact) mass is 283 g/mol. The van der Waals surface area contributed by atoms with Crippen LogP contribution in [-0.4, -0.2) is 50.2 Å². The molecule has 19 heavy (non-hydrogen) atoms. The Hall–Kier alpha value is -1.07. The fourth-order valence-corrected chi connectivity index (χ4v) is 2.44. The summed E-state index contributed by atoms with van der Waals surface area (Å²) in [5, 5.41) is 4.45. The van der Waals surface area contributed by atoms with Crippen LogP contribution in [0, 0.1) is 6.92 Å². The second-order valence-electron chi connectivity index (χ2n) is 5.27. The number of imidazole rings is 1. The summed E-state index contributed by atoms with van der Waals surface area (Å²) in [6.45, 7) is 5.10. The molecule has 2 aromatic rings. The van der Waals surface area contributed by atoms with Crippen LogP contribution in [0.3, 0.4) is 0 Å². The Kier molecular flexibility index (Phi) is 4.16. The maximum atomic E-state index is 5.90. The molecular formula is C13H22ClN5. The van der Waals surface area contributed by atoms with E-state index < -0.39 is 0 Å². The number of aromatic nitrogens is 4. The maximum absolute atomic E-state index is 5.90. The molecule has 0 saturated heterocycles. The number of hydrogen-bond donors (Lipinski definition) is 0. The summed E-state index contributed by atoms with van der Waals surface area (Å²) in [4.78, 5) is 6.92. The lowest BCUT2D eigenvalue weighted by molar-refractivity contribution is 0.283. The summed E-state index contributed by atoms with van der Waals surface area (Å²) >= 11 is 5.90. The molecule has 1 unspecified atom stereocenters. The van der Waals surface area contributed by atoms with Crippen LogP contribution in [0.4, 0.5) is 0 Å². The molecule has 2 aromatic heterocycles. The van der Waals surface area contributed by atoms with Crippen LogP contribution in [0.25, 0.3) is 11.2 Å². The molecule has 2 rings (SSSR count). The number of nitrogens with zero attached hydrogens (tertiary/aromatic N) is 5. The van der Waals surface area contributed by atoms with Gasteiger partial charge in [-0.15, -0.1) is 11.6 Å². The van der Waals surface area contributed by atoms with Crippen molar-refractivity contribution in [2.24, 2.45) is 7.05 Å². The van der Waals surface area contributed by atoms with Crippen LogP contribution >= 0.6 is 11.6 Å². The van der Waals surface area contributed by atoms with E-state index in [0.717, 1.165) is 35.6 Å². The summed E-state index contributed by atoms with van der Waals surface area (Å²) in [5.41, 5.74) is 3.06. The van der Waals surface area contributed by atoms with Crippen molar-refractivity contribution in [1.29, 1.82) is 0 Å². The molecule has 0 aliphatic heterocycles. The summed E-state index contributed by atoms with van der Waals surface area (Å²) in [5.74, 6) is 1.64. The van der Waals surface area contributed by atoms with E-state index in [1.54, 1.807) is 0 Å². The molecule has 0 aliphatic rings. The molecule has 0 bridgehead atoms. The zero-order valence-electron chi connectivity index (χ0n) is 12.3. The number of rotatable bonds is 5. The Labute approximate surface area is 119 Å². The number of halogens is 1. The topological polar surface area (TPSA) is 38.9 Å². The second kappa shape index (κ2) is 5.51. The minimum atomic E-state index is 0.432. The van der Waals surface area contributed by atoms with Gasteiger partial charge in [0.2, 0.25) is 0 Å². The highest BCUT2D eigenvalue weighted by Gasteiger charge is 2.18. The first kappa shape index (κ1) is 14.3. The van der Waals surface area contributed by atoms with Gasteiger partial charge in [0.25, 0.3) is 0 Å². The highest BCUT2D eigenvalue weighted by atomic mass is 35.5. The lowest BCUT2D eigenvalue weighted by Crippen LogP contribution is -2.30. The summed E-state index contributed by atoms with van der Waals surface area (Å²) in [6.07, 6.45) is 0.788. The average Bonchev–Trinajstić information content (AvgIpc) is 2.80. The highest BCUT2D eigenvalue weighted by Crippen LogP contribution is 2.20. The summed E-state index contributed by atoms with van der Waals surface area (Å²) in [6, 6.07) is 0.432. The lowest BCUT2D eigenvalue weighted by atomic mass is 10.3. The lowest BCUT2D eigenvalue weighted by Gasteiger charge is -2.21. The standard InChI is InChI=1S/C13H22ClN5/c1-9(17(3)4)8-19-11(6-7-14)15-12-10(2)16-18(5)13(12)19/h9H,6-8H2,1-5H3. The molecular weight excluding hydrogens is 262 g/mol. The first-order valence-electron chi connectivity index (χ1n) is 6.56. The van der Waals surface area contributed by atoms with Gasteiger partial charge in [-0.2, -0.15) is 5.10 Å². The fraction of sp³-hybridized carbons (Fsp3) is 0.692. The normalized spacial score (nSPS) is 13.6. The smallest absolute Gasteiger partial charge is 0.158 e. The van der Waals surface area contributed by atoms with E-state index >= 15 is 0 Å². The molecule has 0 aromatic carbocycles. The quantitative estimate of drug-likeness (QED) is 0.786. The zero-order valence-corrected chi connectivity index (χ0v) is 13.1. The molecule has 0 radical (unpaired) electrons. The Morgan fingerprint density at radius 3 is 2.63 bits per heavy atom. The molecule has 0 aliphatic carbocycles. The molecule has 5 nitrogen and oxygen atoms in total. The number of likely N-dealkylation sites (N-methyl/N-ethyl adjacent to an activating group) is 1. The third-order valence-electron chi connectivity index (χ3n) is 3.62. The Bertz CT molecular complexity index is 569. The molecule has 2 heterocycles. The van der Waals surface area contributed by atoms with Crippen LogP contribution in [0.2, 0.25) is 0 Å². The first-order chi connectivity index (χ1) is 8.95. The van der Waals surface area contributed by atoms with Gasteiger partial charge in [0.05, 0.1) is 5.69 Å². The van der Waals surface area contributed by atoms with Gasteiger partial charge >= 0.3 is 0 Å². The maximum Gasteiger partial charge on any atom is 0.158 e. The number of alkyl halides is 1. The van der Waals surface area contributed by atoms with E-state index in [9.17, 15) is 0 Å². The predicted molar refractivity (Wildman–Crippen MR) is 78.8 cm³/mol. The Morgan fingerprint density at radius 1 is 1.37 bits per heavy atom. The molecule has 0 N–H and O–H groups in total. The van der Waals surface area contributed by atoms with Crippen LogP contribution in [0.5, 0.6) is 0 Å². The molecule has 1 atom stereocenters. The Morgan fingerprint density at radius 2 is 2.05 bits per heavy atom. The largest absolute Gasteiger partial charge is 0.311 e. The van der Waals surface area contributed by atoms with Crippen molar-refractivity contribution >= 4 is 22.8 Å². The third kappa shape index (κ3) is 2.62. The van der Waals surface area contributed by atoms with Gasteiger partial charge in [0, 0.05) is 31.9 Å². The molecule has 0 spiro atoms. The van der Waals surface area contributed by atoms with Crippen LogP contribution in [0.1, 0.15) is 18.4 Å². The molecule has 6 heteroatoms. The summed E-state index contributed by atoms with van der Waals surface area (Å²) in [7, 11) is 6.15. The molecule has 106 valence electrons. The minimum Gasteiger partial charge on any atom is -0.311 e. The molecule has 0 fully saturated rings. The van der Waals surface area contributed by atoms with Crippen LogP contribution in [0.15, 0.2) is 0 Å². The van der Waals surface area contributed by atoms with Gasteiger partial charge in [-0.05, 0) is 27.9 Å². The SMILES string of the molecule is Cc1nn(C)c2c1nc(CCCl)n2CC(C)N(C)C. The average molecular weight is 284 g/mol. The predicted octanol–water partition coefficient (Wildman–Crippen LogP) is 1.81. The number of hydrogen-bond acceptors (Lipinski definition) is 3. The van der Waals surface area contributed by atoms with Gasteiger partial charge in [-0.25, -0.2) is 4.98 Å². The minimum absolute atomic E-state index is 0.432. The van der Waals surface area contributed by atoms with Crippen molar-refractivity contribution < 1.29 is 0 Å². The van der Waals surface area contributed by atoms with E-state index in [1.165, 1.54) is 0 Å². The zero-order chi connectivity index (χ0) is 14.2. The van der Waals surface area contributed by atoms with Gasteiger partial charge < -0.3 is 9.47 Å². The van der Waals surface area contributed by atoms with E-state index in [4.69, 9.17) is 16.6 Å². The molecule has 0 amide bonds. The van der Waals surface area contributed by atoms with Gasteiger partial charge in [-0.1, -0.05) is 0 Å². The highest BCUT2D eigenvalue weighted by molar-refractivity contribution is 6.17. The number of aryl methyl sites for hydroxylation is 3. The van der Waals surface area contributed by atoms with E-state index in [2.05, 4.69) is 35.6 Å². The van der Waals surface area contributed by atoms with Crippen LogP contribution < -0.4 is 0 Å². The number of fused-ring (bicyclic) bond motifs is 1. The third-order valence-corrected chi connectivity index (χ3v) is 3.80. The van der Waals surface area contributed by atoms with Gasteiger partial charge in [0.1, 0.15) is 11.3 Å². The van der Waals surface area contributed by atoms with Crippen molar-refractivity contribution in [3.63, 3.8) is 0 Å².